The van der Waals surface area contributed by atoms with Gasteiger partial charge in [-0.1, -0.05) is 5.92 Å². The highest BCUT2D eigenvalue weighted by Crippen LogP contribution is 2.17. The molecule has 0 saturated heterocycles. The summed E-state index contributed by atoms with van der Waals surface area (Å²) >= 11 is 2.01. The number of hydrogen-bond acceptors (Lipinski definition) is 3. The first-order chi connectivity index (χ1) is 6.69. The molecule has 0 heterocycles. The van der Waals surface area contributed by atoms with E-state index in [1.165, 1.54) is 15.0 Å². The van der Waals surface area contributed by atoms with E-state index < -0.39 is 5.82 Å². The fourth-order valence-electron chi connectivity index (χ4n) is 0.857. The number of nitriles is 1. The summed E-state index contributed by atoms with van der Waals surface area (Å²) in [5.41, 5.74) is 6.21. The Labute approximate surface area is 97.3 Å². The molecule has 0 unspecified atom stereocenters. The van der Waals surface area contributed by atoms with Crippen molar-refractivity contribution in [1.29, 1.82) is 5.26 Å². The summed E-state index contributed by atoms with van der Waals surface area (Å²) in [6.45, 7) is 0. The SMILES string of the molecule is N#Cc1cc(C#CSI)c(N)cc1F. The van der Waals surface area contributed by atoms with Gasteiger partial charge in [0.25, 0.3) is 0 Å². The Morgan fingerprint density at radius 1 is 1.43 bits per heavy atom. The maximum absolute atomic E-state index is 13.0. The zero-order valence-electron chi connectivity index (χ0n) is 6.84. The number of nitrogen functional groups attached to an aromatic ring is 1. The highest BCUT2D eigenvalue weighted by Gasteiger charge is 2.05. The van der Waals surface area contributed by atoms with Crippen LogP contribution in [0.2, 0.25) is 0 Å². The normalized spacial score (nSPS) is 8.64. The molecular weight excluding hydrogens is 314 g/mol. The van der Waals surface area contributed by atoms with Gasteiger partial charge in [-0.2, -0.15) is 5.26 Å². The van der Waals surface area contributed by atoms with Crippen LogP contribution in [-0.2, 0) is 0 Å². The molecule has 0 fully saturated rings. The van der Waals surface area contributed by atoms with Gasteiger partial charge in [0.15, 0.2) is 0 Å². The Hall–Kier alpha value is -0.920. The van der Waals surface area contributed by atoms with Gasteiger partial charge in [0.05, 0.1) is 11.3 Å². The first-order valence-electron chi connectivity index (χ1n) is 3.46. The van der Waals surface area contributed by atoms with Gasteiger partial charge in [-0.3, -0.25) is 0 Å². The van der Waals surface area contributed by atoms with Crippen LogP contribution in [0.3, 0.4) is 0 Å². The Balaban J connectivity index is 3.26. The number of rotatable bonds is 0. The maximum Gasteiger partial charge on any atom is 0.143 e. The molecule has 0 saturated carbocycles. The van der Waals surface area contributed by atoms with E-state index in [0.717, 1.165) is 6.07 Å². The molecule has 1 aromatic rings. The third-order valence-electron chi connectivity index (χ3n) is 1.48. The van der Waals surface area contributed by atoms with Crippen molar-refractivity contribution in [3.63, 3.8) is 0 Å². The summed E-state index contributed by atoms with van der Waals surface area (Å²) in [5.74, 6) is 2.11. The van der Waals surface area contributed by atoms with Crippen LogP contribution in [0.1, 0.15) is 11.1 Å². The lowest BCUT2D eigenvalue weighted by Crippen LogP contribution is -1.94. The van der Waals surface area contributed by atoms with Crippen molar-refractivity contribution in [2.45, 2.75) is 0 Å². The molecule has 0 aliphatic heterocycles. The molecule has 0 aliphatic rings. The van der Waals surface area contributed by atoms with Crippen LogP contribution in [0, 0.1) is 28.3 Å². The number of nitrogens with two attached hydrogens (primary N) is 1. The Bertz CT molecular complexity index is 456. The lowest BCUT2D eigenvalue weighted by Gasteiger charge is -1.99. The quantitative estimate of drug-likeness (QED) is 0.454. The second-order valence-electron chi connectivity index (χ2n) is 2.34. The third-order valence-corrected chi connectivity index (χ3v) is 2.32. The minimum atomic E-state index is -0.613. The topological polar surface area (TPSA) is 49.8 Å². The lowest BCUT2D eigenvalue weighted by atomic mass is 10.1. The predicted octanol–water partition coefficient (Wildman–Crippen LogP) is 2.67. The van der Waals surface area contributed by atoms with Gasteiger partial charge in [-0.15, -0.1) is 0 Å². The molecule has 5 heteroatoms. The van der Waals surface area contributed by atoms with Gasteiger partial charge in [0.2, 0.25) is 0 Å². The predicted molar refractivity (Wildman–Crippen MR) is 64.0 cm³/mol. The smallest absolute Gasteiger partial charge is 0.143 e. The fourth-order valence-corrected chi connectivity index (χ4v) is 1.34. The average molecular weight is 318 g/mol. The second-order valence-corrected chi connectivity index (χ2v) is 4.01. The van der Waals surface area contributed by atoms with Crippen LogP contribution >= 0.6 is 30.1 Å². The lowest BCUT2D eigenvalue weighted by molar-refractivity contribution is 0.624. The highest BCUT2D eigenvalue weighted by atomic mass is 127. The Morgan fingerprint density at radius 2 is 2.14 bits per heavy atom. The molecule has 0 spiro atoms. The van der Waals surface area contributed by atoms with Crippen molar-refractivity contribution in [2.24, 2.45) is 0 Å². The molecule has 0 atom stereocenters. The largest absolute Gasteiger partial charge is 0.398 e. The van der Waals surface area contributed by atoms with Crippen molar-refractivity contribution < 1.29 is 4.39 Å². The van der Waals surface area contributed by atoms with Crippen LogP contribution < -0.4 is 5.73 Å². The molecule has 0 radical (unpaired) electrons. The molecule has 14 heavy (non-hydrogen) atoms. The molecular formula is C9H4FIN2S. The Morgan fingerprint density at radius 3 is 2.71 bits per heavy atom. The van der Waals surface area contributed by atoms with E-state index in [1.807, 2.05) is 21.2 Å². The number of anilines is 1. The van der Waals surface area contributed by atoms with Gasteiger partial charge in [-0.05, 0) is 26.3 Å². The third kappa shape index (κ3) is 2.53. The second kappa shape index (κ2) is 5.08. The van der Waals surface area contributed by atoms with Crippen molar-refractivity contribution in [3.8, 4) is 17.2 Å². The molecule has 0 bridgehead atoms. The molecule has 0 aliphatic carbocycles. The zero-order valence-corrected chi connectivity index (χ0v) is 9.82. The van der Waals surface area contributed by atoms with Gasteiger partial charge in [0, 0.05) is 26.8 Å². The molecule has 1 rings (SSSR count). The standard InChI is InChI=1S/C9H4FIN2S/c10-8-4-9(13)6(1-2-14-11)3-7(8)5-12/h3-4H,13H2. The molecule has 2 nitrogen and oxygen atoms in total. The van der Waals surface area contributed by atoms with Gasteiger partial charge < -0.3 is 5.73 Å². The first kappa shape index (κ1) is 11.2. The fraction of sp³-hybridized carbons (Fsp3) is 0. The molecule has 1 aromatic carbocycles. The van der Waals surface area contributed by atoms with E-state index in [1.54, 1.807) is 6.07 Å². The van der Waals surface area contributed by atoms with E-state index in [-0.39, 0.29) is 11.3 Å². The van der Waals surface area contributed by atoms with Gasteiger partial charge >= 0.3 is 0 Å². The van der Waals surface area contributed by atoms with Crippen molar-refractivity contribution in [1.82, 2.24) is 0 Å². The first-order valence-corrected chi connectivity index (χ1v) is 6.82. The van der Waals surface area contributed by atoms with Gasteiger partial charge in [-0.25, -0.2) is 4.39 Å². The van der Waals surface area contributed by atoms with Gasteiger partial charge in [0.1, 0.15) is 11.9 Å². The van der Waals surface area contributed by atoms with Crippen LogP contribution in [0.4, 0.5) is 10.1 Å². The molecule has 0 aromatic heterocycles. The molecule has 0 amide bonds. The summed E-state index contributed by atoms with van der Waals surface area (Å²) < 4.78 is 13.0. The minimum absolute atomic E-state index is 0.0399. The molecule has 70 valence electrons. The van der Waals surface area contributed by atoms with E-state index in [2.05, 4.69) is 11.2 Å². The van der Waals surface area contributed by atoms with Crippen LogP contribution in [0.5, 0.6) is 0 Å². The zero-order chi connectivity index (χ0) is 10.6. The van der Waals surface area contributed by atoms with E-state index in [0.29, 0.717) is 5.56 Å². The summed E-state index contributed by atoms with van der Waals surface area (Å²) in [6.07, 6.45) is 0. The van der Waals surface area contributed by atoms with E-state index in [9.17, 15) is 4.39 Å². The van der Waals surface area contributed by atoms with Crippen LogP contribution in [-0.4, -0.2) is 0 Å². The summed E-state index contributed by atoms with van der Waals surface area (Å²) in [7, 11) is 1.30. The Kier molecular flexibility index (Phi) is 4.05. The van der Waals surface area contributed by atoms with Crippen molar-refractivity contribution >= 4 is 35.8 Å². The molecule has 2 N–H and O–H groups in total. The monoisotopic (exact) mass is 318 g/mol. The number of hydrogen-bond donors (Lipinski definition) is 1. The number of halogens is 2. The maximum atomic E-state index is 13.0. The number of benzene rings is 1. The van der Waals surface area contributed by atoms with E-state index >= 15 is 0 Å². The summed E-state index contributed by atoms with van der Waals surface area (Å²) in [4.78, 5) is 0. The van der Waals surface area contributed by atoms with E-state index in [4.69, 9.17) is 11.0 Å². The van der Waals surface area contributed by atoms with Crippen molar-refractivity contribution in [3.05, 3.63) is 29.1 Å². The van der Waals surface area contributed by atoms with Crippen molar-refractivity contribution in [2.75, 3.05) is 5.73 Å². The summed E-state index contributed by atoms with van der Waals surface area (Å²) in [6, 6.07) is 4.20. The van der Waals surface area contributed by atoms with Crippen LogP contribution in [0.15, 0.2) is 12.1 Å². The minimum Gasteiger partial charge on any atom is -0.398 e. The highest BCUT2D eigenvalue weighted by molar-refractivity contribution is 14.2. The van der Waals surface area contributed by atoms with Crippen LogP contribution in [0.25, 0.3) is 0 Å². The number of nitrogens with zero attached hydrogens (tertiary/aromatic N) is 1. The average Bonchev–Trinajstić information content (AvgIpc) is 2.17. The summed E-state index contributed by atoms with van der Waals surface area (Å²) in [5, 5.41) is 11.3.